The summed E-state index contributed by atoms with van der Waals surface area (Å²) in [6.07, 6.45) is 4.21. The summed E-state index contributed by atoms with van der Waals surface area (Å²) in [6.45, 7) is 3.33. The summed E-state index contributed by atoms with van der Waals surface area (Å²) in [4.78, 5) is 37.1. The van der Waals surface area contributed by atoms with E-state index in [2.05, 4.69) is 20.2 Å². The molecule has 128 valence electrons. The molecule has 0 bridgehead atoms. The van der Waals surface area contributed by atoms with Gasteiger partial charge in [0, 0.05) is 19.3 Å². The SMILES string of the molecule is C[C@@H](C(=O)N1CC(=O)Nc2ccccc21)N1CCc2cncnc2C1. The molecule has 2 amide bonds. The Hall–Kier alpha value is -2.80. The van der Waals surface area contributed by atoms with Crippen molar-refractivity contribution >= 4 is 23.2 Å². The van der Waals surface area contributed by atoms with Crippen molar-refractivity contribution in [3.05, 3.63) is 48.0 Å². The van der Waals surface area contributed by atoms with Crippen LogP contribution in [-0.4, -0.2) is 45.8 Å². The van der Waals surface area contributed by atoms with Crippen LogP contribution in [0.4, 0.5) is 11.4 Å². The molecule has 2 aliphatic rings. The number of carbonyl (C=O) groups excluding carboxylic acids is 2. The van der Waals surface area contributed by atoms with Crippen LogP contribution >= 0.6 is 0 Å². The molecule has 0 saturated heterocycles. The van der Waals surface area contributed by atoms with Crippen molar-refractivity contribution in [3.63, 3.8) is 0 Å². The number of para-hydroxylation sites is 2. The molecule has 0 fully saturated rings. The zero-order chi connectivity index (χ0) is 17.4. The number of rotatable bonds is 2. The summed E-state index contributed by atoms with van der Waals surface area (Å²) in [6, 6.07) is 7.05. The van der Waals surface area contributed by atoms with Gasteiger partial charge in [-0.05, 0) is 31.0 Å². The molecule has 0 saturated carbocycles. The quantitative estimate of drug-likeness (QED) is 0.891. The molecule has 1 N–H and O–H groups in total. The summed E-state index contributed by atoms with van der Waals surface area (Å²) in [5, 5.41) is 2.81. The topological polar surface area (TPSA) is 78.4 Å². The highest BCUT2D eigenvalue weighted by Crippen LogP contribution is 2.30. The summed E-state index contributed by atoms with van der Waals surface area (Å²) in [5.41, 5.74) is 3.54. The number of nitrogens with zero attached hydrogens (tertiary/aromatic N) is 4. The molecule has 1 atom stereocenters. The highest BCUT2D eigenvalue weighted by Gasteiger charge is 2.33. The standard InChI is InChI=1S/C18H19N5O2/c1-12(22-7-6-13-8-19-11-20-15(13)9-22)18(25)23-10-17(24)21-14-4-2-3-5-16(14)23/h2-5,8,11-12H,6-7,9-10H2,1H3,(H,21,24)/t12-/m0/s1. The second-order valence-electron chi connectivity index (χ2n) is 6.38. The molecule has 25 heavy (non-hydrogen) atoms. The molecule has 1 aromatic carbocycles. The molecule has 0 unspecified atom stereocenters. The number of benzene rings is 1. The molecule has 2 aromatic rings. The lowest BCUT2D eigenvalue weighted by atomic mass is 10.0. The second-order valence-corrected chi connectivity index (χ2v) is 6.38. The van der Waals surface area contributed by atoms with Crippen molar-refractivity contribution in [3.8, 4) is 0 Å². The normalized spacial score (nSPS) is 18.1. The minimum absolute atomic E-state index is 0.0484. The molecule has 2 aliphatic heterocycles. The Kier molecular flexibility index (Phi) is 3.93. The van der Waals surface area contributed by atoms with E-state index in [1.165, 1.54) is 0 Å². The van der Waals surface area contributed by atoms with Gasteiger partial charge in [-0.3, -0.25) is 19.4 Å². The molecular formula is C18H19N5O2. The second kappa shape index (κ2) is 6.25. The van der Waals surface area contributed by atoms with Crippen molar-refractivity contribution in [2.75, 3.05) is 23.3 Å². The molecule has 0 aliphatic carbocycles. The van der Waals surface area contributed by atoms with Crippen LogP contribution in [0.25, 0.3) is 0 Å². The Morgan fingerprint density at radius 1 is 1.28 bits per heavy atom. The molecule has 4 rings (SSSR count). The number of hydrogen-bond acceptors (Lipinski definition) is 5. The molecule has 7 nitrogen and oxygen atoms in total. The van der Waals surface area contributed by atoms with E-state index in [0.29, 0.717) is 12.2 Å². The van der Waals surface area contributed by atoms with Crippen LogP contribution in [0.15, 0.2) is 36.8 Å². The van der Waals surface area contributed by atoms with Crippen molar-refractivity contribution in [2.24, 2.45) is 0 Å². The third kappa shape index (κ3) is 2.87. The zero-order valence-electron chi connectivity index (χ0n) is 14.0. The van der Waals surface area contributed by atoms with Gasteiger partial charge in [-0.1, -0.05) is 12.1 Å². The summed E-state index contributed by atoms with van der Waals surface area (Å²) >= 11 is 0. The van der Waals surface area contributed by atoms with Crippen LogP contribution in [0.1, 0.15) is 18.2 Å². The van der Waals surface area contributed by atoms with E-state index in [-0.39, 0.29) is 24.4 Å². The van der Waals surface area contributed by atoms with Crippen LogP contribution in [0, 0.1) is 0 Å². The van der Waals surface area contributed by atoms with E-state index in [0.717, 1.165) is 29.9 Å². The molecule has 0 radical (unpaired) electrons. The van der Waals surface area contributed by atoms with Crippen LogP contribution in [0.3, 0.4) is 0 Å². The lowest BCUT2D eigenvalue weighted by Gasteiger charge is -2.36. The third-order valence-electron chi connectivity index (χ3n) is 4.84. The van der Waals surface area contributed by atoms with E-state index in [1.807, 2.05) is 37.4 Å². The van der Waals surface area contributed by atoms with Crippen LogP contribution in [0.2, 0.25) is 0 Å². The van der Waals surface area contributed by atoms with Crippen LogP contribution < -0.4 is 10.2 Å². The van der Waals surface area contributed by atoms with E-state index >= 15 is 0 Å². The van der Waals surface area contributed by atoms with Gasteiger partial charge < -0.3 is 5.32 Å². The first-order valence-corrected chi connectivity index (χ1v) is 8.35. The number of nitrogens with one attached hydrogen (secondary N) is 1. The summed E-state index contributed by atoms with van der Waals surface area (Å²) in [7, 11) is 0. The van der Waals surface area contributed by atoms with Gasteiger partial charge in [-0.25, -0.2) is 9.97 Å². The highest BCUT2D eigenvalue weighted by molar-refractivity contribution is 6.11. The Balaban J connectivity index is 1.56. The molecule has 0 spiro atoms. The smallest absolute Gasteiger partial charge is 0.244 e. The fourth-order valence-corrected chi connectivity index (χ4v) is 3.41. The number of hydrogen-bond donors (Lipinski definition) is 1. The minimum Gasteiger partial charge on any atom is -0.323 e. The Labute approximate surface area is 145 Å². The van der Waals surface area contributed by atoms with E-state index < -0.39 is 0 Å². The van der Waals surface area contributed by atoms with E-state index in [1.54, 1.807) is 11.2 Å². The monoisotopic (exact) mass is 337 g/mol. The molecule has 3 heterocycles. The minimum atomic E-state index is -0.331. The number of carbonyl (C=O) groups is 2. The first-order valence-electron chi connectivity index (χ1n) is 8.35. The molecular weight excluding hydrogens is 318 g/mol. The first-order chi connectivity index (χ1) is 12.1. The van der Waals surface area contributed by atoms with Gasteiger partial charge in [0.15, 0.2) is 0 Å². The Morgan fingerprint density at radius 2 is 2.12 bits per heavy atom. The number of aromatic nitrogens is 2. The third-order valence-corrected chi connectivity index (χ3v) is 4.84. The zero-order valence-corrected chi connectivity index (χ0v) is 14.0. The lowest BCUT2D eigenvalue weighted by Crippen LogP contribution is -2.52. The average Bonchev–Trinajstić information content (AvgIpc) is 2.65. The predicted octanol–water partition coefficient (Wildman–Crippen LogP) is 1.21. The van der Waals surface area contributed by atoms with Crippen molar-refractivity contribution in [1.29, 1.82) is 0 Å². The average molecular weight is 337 g/mol. The predicted molar refractivity (Wildman–Crippen MR) is 93.0 cm³/mol. The fourth-order valence-electron chi connectivity index (χ4n) is 3.41. The lowest BCUT2D eigenvalue weighted by molar-refractivity contribution is -0.125. The molecule has 1 aromatic heterocycles. The van der Waals surface area contributed by atoms with Gasteiger partial charge in [0.05, 0.1) is 23.1 Å². The van der Waals surface area contributed by atoms with E-state index in [9.17, 15) is 9.59 Å². The van der Waals surface area contributed by atoms with Gasteiger partial charge in [0.2, 0.25) is 11.8 Å². The molecule has 7 heteroatoms. The van der Waals surface area contributed by atoms with Crippen molar-refractivity contribution < 1.29 is 9.59 Å². The maximum absolute atomic E-state index is 13.1. The van der Waals surface area contributed by atoms with Crippen molar-refractivity contribution in [1.82, 2.24) is 14.9 Å². The van der Waals surface area contributed by atoms with Crippen LogP contribution in [0.5, 0.6) is 0 Å². The van der Waals surface area contributed by atoms with E-state index in [4.69, 9.17) is 0 Å². The maximum Gasteiger partial charge on any atom is 0.244 e. The fraction of sp³-hybridized carbons (Fsp3) is 0.333. The number of fused-ring (bicyclic) bond motifs is 2. The van der Waals surface area contributed by atoms with Crippen molar-refractivity contribution in [2.45, 2.75) is 25.9 Å². The van der Waals surface area contributed by atoms with Gasteiger partial charge in [0.25, 0.3) is 0 Å². The first kappa shape index (κ1) is 15.7. The van der Waals surface area contributed by atoms with Gasteiger partial charge in [-0.15, -0.1) is 0 Å². The Bertz CT molecular complexity index is 838. The summed E-state index contributed by atoms with van der Waals surface area (Å²) < 4.78 is 0. The largest absolute Gasteiger partial charge is 0.323 e. The number of anilines is 2. The Morgan fingerprint density at radius 3 is 3.00 bits per heavy atom. The van der Waals surface area contributed by atoms with Crippen LogP contribution in [-0.2, 0) is 22.6 Å². The van der Waals surface area contributed by atoms with Gasteiger partial charge in [-0.2, -0.15) is 0 Å². The van der Waals surface area contributed by atoms with Gasteiger partial charge >= 0.3 is 0 Å². The highest BCUT2D eigenvalue weighted by atomic mass is 16.2. The summed E-state index contributed by atoms with van der Waals surface area (Å²) in [5.74, 6) is -0.240. The van der Waals surface area contributed by atoms with Gasteiger partial charge in [0.1, 0.15) is 12.9 Å². The number of amides is 2. The maximum atomic E-state index is 13.1.